The van der Waals surface area contributed by atoms with Gasteiger partial charge in [-0.15, -0.1) is 0 Å². The van der Waals surface area contributed by atoms with E-state index in [0.29, 0.717) is 16.7 Å². The van der Waals surface area contributed by atoms with Gasteiger partial charge in [0, 0.05) is 7.11 Å². The third-order valence-electron chi connectivity index (χ3n) is 3.72. The molecule has 0 fully saturated rings. The highest BCUT2D eigenvalue weighted by Gasteiger charge is 2.14. The Bertz CT molecular complexity index is 666. The van der Waals surface area contributed by atoms with Crippen LogP contribution in [0.2, 0.25) is 0 Å². The van der Waals surface area contributed by atoms with E-state index in [1.165, 1.54) is 24.3 Å². The molecule has 0 aliphatic rings. The second-order valence-electron chi connectivity index (χ2n) is 5.07. The Hall–Kier alpha value is -1.78. The van der Waals surface area contributed by atoms with E-state index in [9.17, 15) is 13.9 Å². The van der Waals surface area contributed by atoms with Gasteiger partial charge in [0.2, 0.25) is 0 Å². The molecular formula is C17H18F2O2. The Labute approximate surface area is 123 Å². The molecule has 112 valence electrons. The van der Waals surface area contributed by atoms with Crippen LogP contribution in [0.5, 0.6) is 0 Å². The molecule has 0 aliphatic heterocycles. The zero-order chi connectivity index (χ0) is 15.6. The summed E-state index contributed by atoms with van der Waals surface area (Å²) in [7, 11) is 1.54. The SMILES string of the molecule is COCc1cc(F)cc(-c2cc(F)cc(CO)c2C)c1C. The van der Waals surface area contributed by atoms with Gasteiger partial charge < -0.3 is 9.84 Å². The van der Waals surface area contributed by atoms with E-state index >= 15 is 0 Å². The number of rotatable bonds is 4. The highest BCUT2D eigenvalue weighted by Crippen LogP contribution is 2.32. The summed E-state index contributed by atoms with van der Waals surface area (Å²) in [5.74, 6) is -0.839. The van der Waals surface area contributed by atoms with E-state index in [1.807, 2.05) is 6.92 Å². The quantitative estimate of drug-likeness (QED) is 0.926. The first-order valence-electron chi connectivity index (χ1n) is 6.66. The zero-order valence-corrected chi connectivity index (χ0v) is 12.3. The van der Waals surface area contributed by atoms with Crippen molar-refractivity contribution in [3.8, 4) is 11.1 Å². The summed E-state index contributed by atoms with van der Waals surface area (Å²) in [6.07, 6.45) is 0. The third-order valence-corrected chi connectivity index (χ3v) is 3.72. The smallest absolute Gasteiger partial charge is 0.124 e. The van der Waals surface area contributed by atoms with E-state index in [-0.39, 0.29) is 13.2 Å². The fraction of sp³-hybridized carbons (Fsp3) is 0.294. The molecule has 0 spiro atoms. The summed E-state index contributed by atoms with van der Waals surface area (Å²) in [5.41, 5.74) is 4.03. The van der Waals surface area contributed by atoms with Gasteiger partial charge in [0.05, 0.1) is 13.2 Å². The summed E-state index contributed by atoms with van der Waals surface area (Å²) in [4.78, 5) is 0. The molecule has 0 radical (unpaired) electrons. The van der Waals surface area contributed by atoms with Crippen molar-refractivity contribution in [3.05, 3.63) is 58.2 Å². The van der Waals surface area contributed by atoms with Crippen molar-refractivity contribution in [2.45, 2.75) is 27.1 Å². The second kappa shape index (κ2) is 6.33. The van der Waals surface area contributed by atoms with Gasteiger partial charge in [-0.3, -0.25) is 0 Å². The molecule has 21 heavy (non-hydrogen) atoms. The predicted molar refractivity (Wildman–Crippen MR) is 77.9 cm³/mol. The average molecular weight is 292 g/mol. The van der Waals surface area contributed by atoms with Gasteiger partial charge in [0.25, 0.3) is 0 Å². The van der Waals surface area contributed by atoms with E-state index in [2.05, 4.69) is 0 Å². The molecule has 0 saturated heterocycles. The fourth-order valence-electron chi connectivity index (χ4n) is 2.50. The van der Waals surface area contributed by atoms with Gasteiger partial charge in [0.15, 0.2) is 0 Å². The van der Waals surface area contributed by atoms with E-state index in [1.54, 1.807) is 14.0 Å². The van der Waals surface area contributed by atoms with Gasteiger partial charge in [-0.05, 0) is 71.5 Å². The monoisotopic (exact) mass is 292 g/mol. The van der Waals surface area contributed by atoms with Crippen LogP contribution in [0.4, 0.5) is 8.78 Å². The van der Waals surface area contributed by atoms with Crippen molar-refractivity contribution < 1.29 is 18.6 Å². The maximum Gasteiger partial charge on any atom is 0.124 e. The maximum atomic E-state index is 13.8. The van der Waals surface area contributed by atoms with Crippen LogP contribution in [-0.4, -0.2) is 12.2 Å². The van der Waals surface area contributed by atoms with Crippen molar-refractivity contribution in [1.29, 1.82) is 0 Å². The van der Waals surface area contributed by atoms with Crippen molar-refractivity contribution >= 4 is 0 Å². The Balaban J connectivity index is 2.69. The number of hydrogen-bond acceptors (Lipinski definition) is 2. The van der Waals surface area contributed by atoms with Crippen molar-refractivity contribution in [1.82, 2.24) is 0 Å². The summed E-state index contributed by atoms with van der Waals surface area (Å²) in [6.45, 7) is 3.68. The minimum atomic E-state index is -0.448. The lowest BCUT2D eigenvalue weighted by Crippen LogP contribution is -2.00. The van der Waals surface area contributed by atoms with Crippen LogP contribution >= 0.6 is 0 Å². The molecular weight excluding hydrogens is 274 g/mol. The summed E-state index contributed by atoms with van der Waals surface area (Å²) in [6, 6.07) is 5.47. The summed E-state index contributed by atoms with van der Waals surface area (Å²) in [5, 5.41) is 9.32. The topological polar surface area (TPSA) is 29.5 Å². The predicted octanol–water partition coefficient (Wildman–Crippen LogP) is 3.89. The number of aliphatic hydroxyl groups is 1. The summed E-state index contributed by atoms with van der Waals surface area (Å²) < 4.78 is 32.6. The molecule has 4 heteroatoms. The molecule has 0 aliphatic carbocycles. The highest BCUT2D eigenvalue weighted by atomic mass is 19.1. The minimum Gasteiger partial charge on any atom is -0.392 e. The minimum absolute atomic E-state index is 0.254. The largest absolute Gasteiger partial charge is 0.392 e. The molecule has 0 aromatic heterocycles. The van der Waals surface area contributed by atoms with Gasteiger partial charge >= 0.3 is 0 Å². The number of methoxy groups -OCH3 is 1. The molecule has 1 N–H and O–H groups in total. The van der Waals surface area contributed by atoms with Crippen LogP contribution in [0, 0.1) is 25.5 Å². The first kappa shape index (κ1) is 15.6. The number of aliphatic hydroxyl groups excluding tert-OH is 1. The fourth-order valence-corrected chi connectivity index (χ4v) is 2.50. The maximum absolute atomic E-state index is 13.8. The van der Waals surface area contributed by atoms with Crippen molar-refractivity contribution in [2.24, 2.45) is 0 Å². The molecule has 0 amide bonds. The Morgan fingerprint density at radius 3 is 1.86 bits per heavy atom. The standard InChI is InChI=1S/C17H18F2O2/c1-10-12(8-20)4-14(18)6-16(10)17-7-15(19)5-13(9-21-3)11(17)2/h4-7,20H,8-9H2,1-3H3. The van der Waals surface area contributed by atoms with Crippen LogP contribution < -0.4 is 0 Å². The first-order chi connectivity index (χ1) is 9.97. The molecule has 0 heterocycles. The Kier molecular flexibility index (Phi) is 4.70. The molecule has 2 rings (SSSR count). The lowest BCUT2D eigenvalue weighted by Gasteiger charge is -2.16. The molecule has 2 nitrogen and oxygen atoms in total. The van der Waals surface area contributed by atoms with Gasteiger partial charge in [0.1, 0.15) is 11.6 Å². The second-order valence-corrected chi connectivity index (χ2v) is 5.07. The van der Waals surface area contributed by atoms with Crippen LogP contribution in [-0.2, 0) is 18.0 Å². The number of hydrogen-bond donors (Lipinski definition) is 1. The Morgan fingerprint density at radius 1 is 0.905 bits per heavy atom. The van der Waals surface area contributed by atoms with Gasteiger partial charge in [-0.25, -0.2) is 8.78 Å². The molecule has 0 saturated carbocycles. The Morgan fingerprint density at radius 2 is 1.38 bits per heavy atom. The third kappa shape index (κ3) is 3.12. The summed E-state index contributed by atoms with van der Waals surface area (Å²) >= 11 is 0. The van der Waals surface area contributed by atoms with E-state index in [0.717, 1.165) is 16.7 Å². The number of benzene rings is 2. The van der Waals surface area contributed by atoms with E-state index in [4.69, 9.17) is 4.74 Å². The lowest BCUT2D eigenvalue weighted by molar-refractivity contribution is 0.184. The highest BCUT2D eigenvalue weighted by molar-refractivity contribution is 5.72. The normalized spacial score (nSPS) is 11.0. The van der Waals surface area contributed by atoms with Crippen LogP contribution in [0.15, 0.2) is 24.3 Å². The number of ether oxygens (including phenoxy) is 1. The van der Waals surface area contributed by atoms with Gasteiger partial charge in [-0.1, -0.05) is 0 Å². The van der Waals surface area contributed by atoms with E-state index < -0.39 is 11.6 Å². The molecule has 0 unspecified atom stereocenters. The van der Waals surface area contributed by atoms with Gasteiger partial charge in [-0.2, -0.15) is 0 Å². The molecule has 0 atom stereocenters. The van der Waals surface area contributed by atoms with Crippen molar-refractivity contribution in [2.75, 3.05) is 7.11 Å². The number of halogens is 2. The lowest BCUT2D eigenvalue weighted by atomic mass is 9.91. The van der Waals surface area contributed by atoms with Crippen LogP contribution in [0.1, 0.15) is 22.3 Å². The molecule has 0 bridgehead atoms. The van der Waals surface area contributed by atoms with Crippen LogP contribution in [0.25, 0.3) is 11.1 Å². The molecule has 2 aromatic rings. The first-order valence-corrected chi connectivity index (χ1v) is 6.66. The van der Waals surface area contributed by atoms with Crippen LogP contribution in [0.3, 0.4) is 0 Å². The zero-order valence-electron chi connectivity index (χ0n) is 12.3. The molecule has 2 aromatic carbocycles. The van der Waals surface area contributed by atoms with Crippen molar-refractivity contribution in [3.63, 3.8) is 0 Å². The average Bonchev–Trinajstić information content (AvgIpc) is 2.45.